The summed E-state index contributed by atoms with van der Waals surface area (Å²) in [6.07, 6.45) is -1.63. The van der Waals surface area contributed by atoms with Crippen LogP contribution in [-0.4, -0.2) is 105 Å². The lowest BCUT2D eigenvalue weighted by Gasteiger charge is -2.41. The molecule has 2 unspecified atom stereocenters. The van der Waals surface area contributed by atoms with Crippen molar-refractivity contribution in [2.24, 2.45) is 0 Å². The van der Waals surface area contributed by atoms with Crippen LogP contribution >= 0.6 is 0 Å². The summed E-state index contributed by atoms with van der Waals surface area (Å²) in [6.45, 7) is 9.85. The molecule has 0 aliphatic carbocycles. The lowest BCUT2D eigenvalue weighted by atomic mass is 9.86. The largest absolute Gasteiger partial charge is 0.496 e. The molecule has 6 heterocycles. The van der Waals surface area contributed by atoms with Gasteiger partial charge in [-0.2, -0.15) is 8.42 Å². The van der Waals surface area contributed by atoms with E-state index >= 15 is 0 Å². The summed E-state index contributed by atoms with van der Waals surface area (Å²) < 4.78 is 104. The molecule has 5 aromatic rings. The summed E-state index contributed by atoms with van der Waals surface area (Å²) >= 11 is 0. The predicted molar refractivity (Wildman–Crippen MR) is 266 cm³/mol. The molecule has 0 amide bonds. The third-order valence-corrected chi connectivity index (χ3v) is 15.3. The lowest BCUT2D eigenvalue weighted by molar-refractivity contribution is -0.0421. The van der Waals surface area contributed by atoms with E-state index in [4.69, 9.17) is 61.0 Å². The van der Waals surface area contributed by atoms with E-state index in [0.717, 1.165) is 50.3 Å². The van der Waals surface area contributed by atoms with Crippen molar-refractivity contribution in [2.75, 3.05) is 55.9 Å². The molecule has 72 heavy (non-hydrogen) atoms. The number of hydrogen-bond donors (Lipinski definition) is 1. The maximum absolute atomic E-state index is 13.2. The lowest BCUT2D eigenvalue weighted by Crippen LogP contribution is -2.49. The first-order valence-electron chi connectivity index (χ1n) is 23.5. The Morgan fingerprint density at radius 1 is 0.542 bits per heavy atom. The van der Waals surface area contributed by atoms with Crippen molar-refractivity contribution in [1.29, 1.82) is 0 Å². The van der Waals surface area contributed by atoms with Crippen LogP contribution in [0.15, 0.2) is 77.7 Å². The van der Waals surface area contributed by atoms with E-state index in [2.05, 4.69) is 0 Å². The Morgan fingerprint density at radius 3 is 1.44 bits per heavy atom. The molecule has 0 spiro atoms. The van der Waals surface area contributed by atoms with Crippen molar-refractivity contribution >= 4 is 32.8 Å². The van der Waals surface area contributed by atoms with Crippen LogP contribution in [0.2, 0.25) is 0 Å². The number of fused-ring (bicyclic) bond motifs is 12. The molecular weight excluding hydrogens is 949 g/mol. The molecule has 0 saturated carbocycles. The molecule has 5 aromatic carbocycles. The van der Waals surface area contributed by atoms with Crippen LogP contribution in [0, 0.1) is 6.92 Å². The molecule has 6 aliphatic heterocycles. The molecule has 16 nitrogen and oxygen atoms in total. The minimum atomic E-state index is -4.05. The number of aryl methyl sites for hydroxylation is 1. The van der Waals surface area contributed by atoms with Crippen LogP contribution in [-0.2, 0) is 36.6 Å². The molecule has 6 aliphatic rings. The summed E-state index contributed by atoms with van der Waals surface area (Å²) in [6, 6.07) is 21.5. The van der Waals surface area contributed by atoms with Crippen LogP contribution in [0.25, 0.3) is 22.7 Å². The predicted octanol–water partition coefficient (Wildman–Crippen LogP) is 8.61. The average molecular weight is 1010 g/mol. The molecule has 380 valence electrons. The summed E-state index contributed by atoms with van der Waals surface area (Å²) in [7, 11) is 5.56. The van der Waals surface area contributed by atoms with Gasteiger partial charge in [0.15, 0.2) is 35.2 Å². The van der Waals surface area contributed by atoms with E-state index in [1.807, 2.05) is 77.1 Å². The molecule has 1 N–H and O–H groups in total. The second-order valence-electron chi connectivity index (χ2n) is 19.2. The number of methoxy groups -OCH3 is 6. The van der Waals surface area contributed by atoms with Gasteiger partial charge < -0.3 is 61.9 Å². The molecule has 11 rings (SSSR count). The molecule has 0 fully saturated rings. The number of hydrogen-bond acceptors (Lipinski definition) is 16. The number of aliphatic hydroxyl groups is 1. The van der Waals surface area contributed by atoms with Crippen LogP contribution in [0.3, 0.4) is 0 Å². The van der Waals surface area contributed by atoms with Crippen LogP contribution in [0.1, 0.15) is 66.6 Å². The molecule has 0 aromatic heterocycles. The summed E-state index contributed by atoms with van der Waals surface area (Å²) in [5.41, 5.74) is 5.81. The maximum atomic E-state index is 13.2. The molecule has 0 radical (unpaired) electrons. The topological polar surface area (TPSA) is 174 Å². The Kier molecular flexibility index (Phi) is 12.3. The Morgan fingerprint density at radius 2 is 0.986 bits per heavy atom. The van der Waals surface area contributed by atoms with Gasteiger partial charge in [-0.15, -0.1) is 0 Å². The zero-order chi connectivity index (χ0) is 51.0. The molecule has 17 heteroatoms. The third-order valence-electron chi connectivity index (χ3n) is 14.0. The highest BCUT2D eigenvalue weighted by Gasteiger charge is 2.46. The van der Waals surface area contributed by atoms with Gasteiger partial charge in [0, 0.05) is 58.4 Å². The summed E-state index contributed by atoms with van der Waals surface area (Å²) in [4.78, 5) is 0.0929. The van der Waals surface area contributed by atoms with Crippen LogP contribution < -0.4 is 47.4 Å². The fraction of sp³-hybridized carbons (Fsp3) is 0.382. The number of aliphatic hydroxyl groups excluding tert-OH is 1. The van der Waals surface area contributed by atoms with Crippen molar-refractivity contribution in [3.8, 4) is 57.5 Å². The van der Waals surface area contributed by atoms with Gasteiger partial charge in [0.05, 0.1) is 64.8 Å². The van der Waals surface area contributed by atoms with Crippen molar-refractivity contribution in [2.45, 2.75) is 88.0 Å². The smallest absolute Gasteiger partial charge is 0.297 e. The monoisotopic (exact) mass is 1010 g/mol. The normalized spacial score (nSPS) is 21.2. The van der Waals surface area contributed by atoms with E-state index in [9.17, 15) is 13.5 Å². The van der Waals surface area contributed by atoms with Crippen LogP contribution in [0.5, 0.6) is 57.5 Å². The molecular formula is C55H58O16S. The highest BCUT2D eigenvalue weighted by Crippen LogP contribution is 2.54. The Labute approximate surface area is 418 Å². The van der Waals surface area contributed by atoms with Gasteiger partial charge >= 0.3 is 0 Å². The molecule has 0 bridgehead atoms. The molecule has 0 saturated heterocycles. The van der Waals surface area contributed by atoms with E-state index in [0.29, 0.717) is 81.9 Å². The second-order valence-corrected chi connectivity index (χ2v) is 20.7. The van der Waals surface area contributed by atoms with E-state index < -0.39 is 39.6 Å². The first-order chi connectivity index (χ1) is 34.4. The average Bonchev–Trinajstić information content (AvgIpc) is 3.36. The van der Waals surface area contributed by atoms with Gasteiger partial charge in [-0.05, 0) is 83.1 Å². The second kappa shape index (κ2) is 18.3. The van der Waals surface area contributed by atoms with Gasteiger partial charge in [0.25, 0.3) is 10.1 Å². The van der Waals surface area contributed by atoms with Gasteiger partial charge in [-0.25, -0.2) is 0 Å². The van der Waals surface area contributed by atoms with Gasteiger partial charge in [-0.3, -0.25) is 4.18 Å². The zero-order valence-electron chi connectivity index (χ0n) is 42.0. The quantitative estimate of drug-likeness (QED) is 0.139. The zero-order valence-corrected chi connectivity index (χ0v) is 42.9. The fourth-order valence-corrected chi connectivity index (χ4v) is 11.2. The highest BCUT2D eigenvalue weighted by molar-refractivity contribution is 7.86. The first kappa shape index (κ1) is 48.7. The standard InChI is InChI=1S/C31H32O9S.C24H26O7/c1-17-7-9-18(10-8-17)41(32,33)40-27-14-21-22(39-31(27,2)3)12-11-19-29(21)38-26-16-37-23-15-25(35-5)24(34-4)13-20(23)28(26)30(19)36-6;1-24(2)20(25)9-14-15(31-24)7-6-12-22(14)30-19-11-29-16-10-18(27-4)17(26-3)8-13(16)21(19)23(12)28-5/h7-13,15,26-27H,14,16H2,1-6H3;6-8,10,19-20,25H,9,11H2,1-5H3/t26-,27?;19-,20?/m11/s1. The Balaban J connectivity index is 0.000000172. The molecule has 4 atom stereocenters. The summed E-state index contributed by atoms with van der Waals surface area (Å²) in [5, 5.41) is 10.6. The van der Waals surface area contributed by atoms with Gasteiger partial charge in [-0.1, -0.05) is 17.7 Å². The minimum absolute atomic E-state index is 0.0929. The van der Waals surface area contributed by atoms with Crippen LogP contribution in [0.4, 0.5) is 0 Å². The number of rotatable bonds is 9. The Hall–Kier alpha value is -6.95. The van der Waals surface area contributed by atoms with Gasteiger partial charge in [0.1, 0.15) is 76.5 Å². The third kappa shape index (κ3) is 8.20. The van der Waals surface area contributed by atoms with E-state index in [1.165, 1.54) is 0 Å². The van der Waals surface area contributed by atoms with Crippen molar-refractivity contribution < 1.29 is 74.5 Å². The van der Waals surface area contributed by atoms with Crippen molar-refractivity contribution in [3.63, 3.8) is 0 Å². The summed E-state index contributed by atoms with van der Waals surface area (Å²) in [5.74, 6) is 7.51. The SMILES string of the molecule is COC1=C2c3cc(OC)c(OC)cc3OC[C@H]2Oc2c1ccc1c2CC(O)C(C)(C)O1.COC1=C2c3cc(OC)c(OC)cc3OC[C@H]2Oc2c1ccc1c2CC(OS(=O)(=O)c2ccc(C)cc2)C(C)(C)O1. The van der Waals surface area contributed by atoms with Crippen molar-refractivity contribution in [3.05, 3.63) is 112 Å². The minimum Gasteiger partial charge on any atom is -0.496 e. The van der Waals surface area contributed by atoms with Gasteiger partial charge in [0.2, 0.25) is 0 Å². The maximum Gasteiger partial charge on any atom is 0.297 e. The fourth-order valence-electron chi connectivity index (χ4n) is 10.0. The first-order valence-corrected chi connectivity index (χ1v) is 24.9. The Bertz CT molecular complexity index is 3150. The number of ether oxygens (including phenoxy) is 12. The van der Waals surface area contributed by atoms with E-state index in [-0.39, 0.29) is 24.0 Å². The highest BCUT2D eigenvalue weighted by atomic mass is 32.2. The number of benzene rings is 5. The van der Waals surface area contributed by atoms with Crippen molar-refractivity contribution in [1.82, 2.24) is 0 Å². The van der Waals surface area contributed by atoms with E-state index in [1.54, 1.807) is 73.0 Å².